The summed E-state index contributed by atoms with van der Waals surface area (Å²) in [6, 6.07) is 7.14. The Labute approximate surface area is 145 Å². The molecule has 0 fully saturated rings. The minimum absolute atomic E-state index is 0.164. The van der Waals surface area contributed by atoms with Gasteiger partial charge in [-0.3, -0.25) is 4.79 Å². The molecule has 0 aliphatic carbocycles. The van der Waals surface area contributed by atoms with Crippen LogP contribution < -0.4 is 14.8 Å². The topological polar surface area (TPSA) is 86.5 Å². The van der Waals surface area contributed by atoms with Crippen LogP contribution >= 0.6 is 0 Å². The van der Waals surface area contributed by atoms with Crippen molar-refractivity contribution in [3.05, 3.63) is 41.9 Å². The molecule has 0 aliphatic heterocycles. The zero-order valence-electron chi connectivity index (χ0n) is 14.3. The van der Waals surface area contributed by atoms with Crippen LogP contribution in [0, 0.1) is 13.8 Å². The predicted molar refractivity (Wildman–Crippen MR) is 93.0 cm³/mol. The highest BCUT2D eigenvalue weighted by Crippen LogP contribution is 2.29. The lowest BCUT2D eigenvalue weighted by Crippen LogP contribution is -2.20. The second kappa shape index (κ2) is 7.21. The van der Waals surface area contributed by atoms with Gasteiger partial charge in [-0.2, -0.15) is 0 Å². The molecule has 0 spiro atoms. The van der Waals surface area contributed by atoms with Crippen molar-refractivity contribution in [3.63, 3.8) is 0 Å². The van der Waals surface area contributed by atoms with Gasteiger partial charge < -0.3 is 19.2 Å². The van der Waals surface area contributed by atoms with E-state index in [4.69, 9.17) is 13.9 Å². The lowest BCUT2D eigenvalue weighted by Gasteiger charge is -2.08. The Morgan fingerprint density at radius 2 is 1.92 bits per heavy atom. The number of anilines is 1. The van der Waals surface area contributed by atoms with Gasteiger partial charge in [-0.25, -0.2) is 9.97 Å². The molecule has 1 N–H and O–H groups in total. The van der Waals surface area contributed by atoms with Gasteiger partial charge in [-0.05, 0) is 45.0 Å². The number of benzene rings is 1. The number of ether oxygens (including phenoxy) is 2. The fourth-order valence-electron chi connectivity index (χ4n) is 2.39. The first kappa shape index (κ1) is 16.8. The van der Waals surface area contributed by atoms with E-state index < -0.39 is 0 Å². The van der Waals surface area contributed by atoms with E-state index in [-0.39, 0.29) is 12.5 Å². The van der Waals surface area contributed by atoms with Crippen LogP contribution in [0.25, 0.3) is 11.1 Å². The summed E-state index contributed by atoms with van der Waals surface area (Å²) in [5.41, 5.74) is 2.02. The van der Waals surface area contributed by atoms with Crippen molar-refractivity contribution in [2.24, 2.45) is 0 Å². The van der Waals surface area contributed by atoms with Crippen LogP contribution in [0.4, 0.5) is 5.69 Å². The molecular weight excluding hydrogens is 322 g/mol. The summed E-state index contributed by atoms with van der Waals surface area (Å²) in [5, 5.41) is 3.45. The van der Waals surface area contributed by atoms with Crippen molar-refractivity contribution in [2.75, 3.05) is 18.5 Å². The molecule has 2 heterocycles. The smallest absolute Gasteiger partial charge is 0.262 e. The summed E-state index contributed by atoms with van der Waals surface area (Å²) in [4.78, 5) is 20.3. The Balaban J connectivity index is 1.64. The maximum absolute atomic E-state index is 12.1. The highest BCUT2D eigenvalue weighted by Gasteiger charge is 2.15. The highest BCUT2D eigenvalue weighted by molar-refractivity contribution is 5.92. The van der Waals surface area contributed by atoms with Gasteiger partial charge >= 0.3 is 0 Å². The van der Waals surface area contributed by atoms with Crippen LogP contribution in [0.3, 0.4) is 0 Å². The molecule has 3 rings (SSSR count). The third-order valence-electron chi connectivity index (χ3n) is 3.72. The number of aromatic nitrogens is 2. The van der Waals surface area contributed by atoms with E-state index in [1.807, 2.05) is 20.8 Å². The van der Waals surface area contributed by atoms with Gasteiger partial charge in [0.1, 0.15) is 23.2 Å². The molecule has 0 unspecified atom stereocenters. The van der Waals surface area contributed by atoms with Gasteiger partial charge in [0.2, 0.25) is 11.6 Å². The zero-order chi connectivity index (χ0) is 17.8. The third kappa shape index (κ3) is 3.71. The molecule has 3 aromatic rings. The van der Waals surface area contributed by atoms with Gasteiger partial charge in [-0.15, -0.1) is 0 Å². The van der Waals surface area contributed by atoms with Crippen molar-refractivity contribution in [2.45, 2.75) is 20.8 Å². The van der Waals surface area contributed by atoms with Crippen molar-refractivity contribution in [1.29, 1.82) is 0 Å². The molecular formula is C18H19N3O4. The largest absolute Gasteiger partial charge is 0.494 e. The number of amides is 1. The Morgan fingerprint density at radius 1 is 1.16 bits per heavy atom. The maximum Gasteiger partial charge on any atom is 0.262 e. The Hall–Kier alpha value is -3.09. The zero-order valence-corrected chi connectivity index (χ0v) is 14.3. The summed E-state index contributed by atoms with van der Waals surface area (Å²) in [5.74, 6) is 1.56. The van der Waals surface area contributed by atoms with Gasteiger partial charge in [0, 0.05) is 11.3 Å². The number of aryl methyl sites for hydroxylation is 2. The lowest BCUT2D eigenvalue weighted by molar-refractivity contribution is -0.118. The minimum atomic E-state index is -0.284. The number of carbonyl (C=O) groups is 1. The van der Waals surface area contributed by atoms with Crippen LogP contribution in [0.1, 0.15) is 18.2 Å². The molecule has 7 nitrogen and oxygen atoms in total. The Morgan fingerprint density at radius 3 is 2.64 bits per heavy atom. The molecule has 0 atom stereocenters. The standard InChI is InChI=1S/C18H19N3O4/c1-4-23-14-7-5-13(6-8-14)21-15(22)9-24-17-16-11(2)12(3)25-18(16)20-10-19-17/h5-8,10H,4,9H2,1-3H3,(H,21,22). The maximum atomic E-state index is 12.1. The first-order chi connectivity index (χ1) is 12.1. The van der Waals surface area contributed by atoms with E-state index in [0.29, 0.717) is 29.3 Å². The van der Waals surface area contributed by atoms with Gasteiger partial charge in [0.15, 0.2) is 6.61 Å². The summed E-state index contributed by atoms with van der Waals surface area (Å²) < 4.78 is 16.5. The number of hydrogen-bond acceptors (Lipinski definition) is 6. The van der Waals surface area contributed by atoms with E-state index in [9.17, 15) is 4.79 Å². The molecule has 1 aromatic carbocycles. The summed E-state index contributed by atoms with van der Waals surface area (Å²) in [6.45, 7) is 6.10. The predicted octanol–water partition coefficient (Wildman–Crippen LogP) is 3.26. The fourth-order valence-corrected chi connectivity index (χ4v) is 2.39. The molecule has 1 amide bonds. The SMILES string of the molecule is CCOc1ccc(NC(=O)COc2ncnc3oc(C)c(C)c23)cc1. The van der Waals surface area contributed by atoms with E-state index in [1.165, 1.54) is 6.33 Å². The molecule has 25 heavy (non-hydrogen) atoms. The van der Waals surface area contributed by atoms with E-state index in [1.54, 1.807) is 24.3 Å². The van der Waals surface area contributed by atoms with Gasteiger partial charge in [-0.1, -0.05) is 0 Å². The number of nitrogens with one attached hydrogen (secondary N) is 1. The first-order valence-corrected chi connectivity index (χ1v) is 7.94. The molecule has 0 saturated carbocycles. The minimum Gasteiger partial charge on any atom is -0.494 e. The van der Waals surface area contributed by atoms with Crippen molar-refractivity contribution >= 4 is 22.7 Å². The number of hydrogen-bond donors (Lipinski definition) is 1. The number of furan rings is 1. The van der Waals surface area contributed by atoms with E-state index in [2.05, 4.69) is 15.3 Å². The quantitative estimate of drug-likeness (QED) is 0.740. The summed E-state index contributed by atoms with van der Waals surface area (Å²) in [7, 11) is 0. The van der Waals surface area contributed by atoms with Crippen molar-refractivity contribution < 1.29 is 18.7 Å². The normalized spacial score (nSPS) is 10.7. The number of nitrogens with zero attached hydrogens (tertiary/aromatic N) is 2. The van der Waals surface area contributed by atoms with E-state index >= 15 is 0 Å². The monoisotopic (exact) mass is 341 g/mol. The molecule has 2 aromatic heterocycles. The van der Waals surface area contributed by atoms with Crippen molar-refractivity contribution in [1.82, 2.24) is 9.97 Å². The van der Waals surface area contributed by atoms with Crippen LogP contribution in [0.15, 0.2) is 35.0 Å². The number of fused-ring (bicyclic) bond motifs is 1. The van der Waals surface area contributed by atoms with Crippen molar-refractivity contribution in [3.8, 4) is 11.6 Å². The molecule has 0 saturated heterocycles. The molecule has 7 heteroatoms. The third-order valence-corrected chi connectivity index (χ3v) is 3.72. The first-order valence-electron chi connectivity index (χ1n) is 7.94. The second-order valence-corrected chi connectivity index (χ2v) is 5.44. The average molecular weight is 341 g/mol. The average Bonchev–Trinajstić information content (AvgIpc) is 2.90. The van der Waals surface area contributed by atoms with Crippen LogP contribution in [-0.2, 0) is 4.79 Å². The van der Waals surface area contributed by atoms with Crippen LogP contribution in [0.5, 0.6) is 11.6 Å². The summed E-state index contributed by atoms with van der Waals surface area (Å²) in [6.07, 6.45) is 1.35. The summed E-state index contributed by atoms with van der Waals surface area (Å²) >= 11 is 0. The molecule has 130 valence electrons. The van der Waals surface area contributed by atoms with Gasteiger partial charge in [0.05, 0.1) is 6.61 Å². The number of rotatable bonds is 6. The molecule has 0 bridgehead atoms. The Bertz CT molecular complexity index is 887. The Kier molecular flexibility index (Phi) is 4.83. The van der Waals surface area contributed by atoms with Gasteiger partial charge in [0.25, 0.3) is 5.91 Å². The van der Waals surface area contributed by atoms with Crippen LogP contribution in [0.2, 0.25) is 0 Å². The van der Waals surface area contributed by atoms with Crippen LogP contribution in [-0.4, -0.2) is 29.1 Å². The fraction of sp³-hybridized carbons (Fsp3) is 0.278. The molecule has 0 radical (unpaired) electrons. The highest BCUT2D eigenvalue weighted by atomic mass is 16.5. The van der Waals surface area contributed by atoms with E-state index in [0.717, 1.165) is 17.1 Å². The lowest BCUT2D eigenvalue weighted by atomic mass is 10.2. The number of carbonyl (C=O) groups excluding carboxylic acids is 1. The molecule has 0 aliphatic rings. The second-order valence-electron chi connectivity index (χ2n) is 5.44.